The van der Waals surface area contributed by atoms with E-state index in [0.717, 1.165) is 12.3 Å². The Labute approximate surface area is 118 Å². The van der Waals surface area contributed by atoms with E-state index in [0.29, 0.717) is 0 Å². The molecule has 7 heteroatoms. The fourth-order valence-corrected chi connectivity index (χ4v) is 1.71. The van der Waals surface area contributed by atoms with Crippen molar-refractivity contribution in [1.29, 1.82) is 0 Å². The predicted molar refractivity (Wildman–Crippen MR) is 70.6 cm³/mol. The van der Waals surface area contributed by atoms with Gasteiger partial charge in [-0.25, -0.2) is 9.78 Å². The molecule has 0 atom stereocenters. The molecule has 0 unspecified atom stereocenters. The summed E-state index contributed by atoms with van der Waals surface area (Å²) < 4.78 is 12.9. The minimum absolute atomic E-state index is 0.0313. The summed E-state index contributed by atoms with van der Waals surface area (Å²) in [6, 6.07) is 6.28. The first-order chi connectivity index (χ1) is 9.47. The monoisotopic (exact) mass is 294 g/mol. The van der Waals surface area contributed by atoms with Gasteiger partial charge in [-0.05, 0) is 24.3 Å². The van der Waals surface area contributed by atoms with Gasteiger partial charge in [0.2, 0.25) is 5.95 Å². The molecule has 2 rings (SSSR count). The number of nitrogens with one attached hydrogen (secondary N) is 1. The second kappa shape index (κ2) is 5.66. The maximum Gasteiger partial charge on any atom is 0.337 e. The third-order valence-electron chi connectivity index (χ3n) is 2.45. The summed E-state index contributed by atoms with van der Waals surface area (Å²) in [5.41, 5.74) is -0.0479. The Morgan fingerprint density at radius 3 is 2.65 bits per heavy atom. The molecule has 1 aromatic heterocycles. The summed E-state index contributed by atoms with van der Waals surface area (Å²) >= 11 is 5.70. The summed E-state index contributed by atoms with van der Waals surface area (Å²) in [7, 11) is 0. The Balaban J connectivity index is 2.30. The molecule has 0 saturated heterocycles. The van der Waals surface area contributed by atoms with E-state index in [4.69, 9.17) is 16.7 Å². The molecule has 0 aliphatic heterocycles. The number of carbonyl (C=O) groups excluding carboxylic acids is 1. The van der Waals surface area contributed by atoms with E-state index >= 15 is 0 Å². The normalized spacial score (nSPS) is 10.1. The topological polar surface area (TPSA) is 79.3 Å². The number of halogens is 2. The Bertz CT molecular complexity index is 691. The van der Waals surface area contributed by atoms with Gasteiger partial charge in [0.15, 0.2) is 0 Å². The molecule has 0 bridgehead atoms. The van der Waals surface area contributed by atoms with E-state index in [-0.39, 0.29) is 21.8 Å². The number of carboxylic acid groups (broad SMARTS) is 1. The number of pyridine rings is 1. The average Bonchev–Trinajstić information content (AvgIpc) is 2.40. The maximum absolute atomic E-state index is 12.9. The lowest BCUT2D eigenvalue weighted by atomic mass is 10.1. The molecule has 0 spiro atoms. The number of nitrogens with zero attached hydrogens (tertiary/aromatic N) is 1. The van der Waals surface area contributed by atoms with Crippen molar-refractivity contribution < 1.29 is 19.1 Å². The van der Waals surface area contributed by atoms with Crippen molar-refractivity contribution >= 4 is 29.2 Å². The van der Waals surface area contributed by atoms with Crippen molar-refractivity contribution in [3.05, 3.63) is 58.6 Å². The summed E-state index contributed by atoms with van der Waals surface area (Å²) in [4.78, 5) is 26.3. The number of hydrogen-bond acceptors (Lipinski definition) is 3. The molecule has 5 nitrogen and oxygen atoms in total. The van der Waals surface area contributed by atoms with Gasteiger partial charge in [-0.2, -0.15) is 4.39 Å². The zero-order chi connectivity index (χ0) is 14.7. The van der Waals surface area contributed by atoms with Gasteiger partial charge >= 0.3 is 5.97 Å². The molecule has 1 aromatic carbocycles. The second-order valence-corrected chi connectivity index (χ2v) is 4.25. The molecule has 0 radical (unpaired) electrons. The van der Waals surface area contributed by atoms with Gasteiger partial charge in [-0.15, -0.1) is 0 Å². The van der Waals surface area contributed by atoms with Gasteiger partial charge in [0.05, 0.1) is 11.3 Å². The van der Waals surface area contributed by atoms with Crippen LogP contribution in [0.25, 0.3) is 0 Å². The number of benzene rings is 1. The maximum atomic E-state index is 12.9. The lowest BCUT2D eigenvalue weighted by Crippen LogP contribution is -2.15. The first-order valence-corrected chi connectivity index (χ1v) is 5.81. The summed E-state index contributed by atoms with van der Waals surface area (Å²) in [5.74, 6) is -2.67. The van der Waals surface area contributed by atoms with Crippen molar-refractivity contribution in [2.24, 2.45) is 0 Å². The molecule has 1 heterocycles. The summed E-state index contributed by atoms with van der Waals surface area (Å²) in [6.07, 6.45) is 1.14. The van der Waals surface area contributed by atoms with E-state index in [1.165, 1.54) is 24.3 Å². The Kier molecular flexibility index (Phi) is 3.95. The number of hydrogen-bond donors (Lipinski definition) is 2. The Morgan fingerprint density at radius 2 is 2.00 bits per heavy atom. The van der Waals surface area contributed by atoms with Gasteiger partial charge in [0.25, 0.3) is 5.91 Å². The highest BCUT2D eigenvalue weighted by atomic mass is 35.5. The van der Waals surface area contributed by atoms with Crippen LogP contribution in [-0.4, -0.2) is 22.0 Å². The summed E-state index contributed by atoms with van der Waals surface area (Å²) in [6.45, 7) is 0. The minimum atomic E-state index is -1.23. The van der Waals surface area contributed by atoms with Crippen LogP contribution >= 0.6 is 11.6 Å². The highest BCUT2D eigenvalue weighted by Crippen LogP contribution is 2.21. The smallest absolute Gasteiger partial charge is 0.337 e. The van der Waals surface area contributed by atoms with E-state index in [1.54, 1.807) is 0 Å². The number of aromatic carboxylic acids is 1. The Morgan fingerprint density at radius 1 is 1.25 bits per heavy atom. The number of rotatable bonds is 3. The molecular weight excluding hydrogens is 287 g/mol. The second-order valence-electron chi connectivity index (χ2n) is 3.82. The number of carboxylic acids is 1. The molecule has 0 aliphatic rings. The number of aromatic nitrogens is 1. The van der Waals surface area contributed by atoms with Gasteiger partial charge < -0.3 is 10.4 Å². The van der Waals surface area contributed by atoms with E-state index < -0.39 is 17.8 Å². The molecule has 20 heavy (non-hydrogen) atoms. The Hall–Kier alpha value is -2.47. The van der Waals surface area contributed by atoms with Crippen LogP contribution in [-0.2, 0) is 0 Å². The lowest BCUT2D eigenvalue weighted by molar-refractivity contribution is 0.0698. The number of amides is 1. The van der Waals surface area contributed by atoms with Crippen LogP contribution in [0.4, 0.5) is 10.1 Å². The third kappa shape index (κ3) is 3.10. The van der Waals surface area contributed by atoms with E-state index in [2.05, 4.69) is 10.3 Å². The number of carbonyl (C=O) groups is 2. The average molecular weight is 295 g/mol. The molecule has 102 valence electrons. The first-order valence-electron chi connectivity index (χ1n) is 5.43. The van der Waals surface area contributed by atoms with Crippen LogP contribution in [0.5, 0.6) is 0 Å². The van der Waals surface area contributed by atoms with Gasteiger partial charge in [0, 0.05) is 22.8 Å². The molecule has 0 saturated carbocycles. The van der Waals surface area contributed by atoms with Gasteiger partial charge in [0.1, 0.15) is 0 Å². The zero-order valence-corrected chi connectivity index (χ0v) is 10.7. The predicted octanol–water partition coefficient (Wildman–Crippen LogP) is 2.82. The summed E-state index contributed by atoms with van der Waals surface area (Å²) in [5, 5.41) is 11.7. The molecule has 2 N–H and O–H groups in total. The minimum Gasteiger partial charge on any atom is -0.478 e. The molecule has 1 amide bonds. The van der Waals surface area contributed by atoms with Crippen LogP contribution in [0, 0.1) is 5.95 Å². The highest BCUT2D eigenvalue weighted by molar-refractivity contribution is 6.31. The zero-order valence-electron chi connectivity index (χ0n) is 9.93. The van der Waals surface area contributed by atoms with Crippen LogP contribution in [0.3, 0.4) is 0 Å². The van der Waals surface area contributed by atoms with E-state index in [9.17, 15) is 14.0 Å². The molecular formula is C13H8ClFN2O3. The lowest BCUT2D eigenvalue weighted by Gasteiger charge is -2.08. The van der Waals surface area contributed by atoms with Crippen molar-refractivity contribution in [3.8, 4) is 0 Å². The van der Waals surface area contributed by atoms with Crippen molar-refractivity contribution in [2.75, 3.05) is 5.32 Å². The van der Waals surface area contributed by atoms with Crippen LogP contribution in [0.2, 0.25) is 5.02 Å². The number of anilines is 1. The van der Waals surface area contributed by atoms with Crippen LogP contribution in [0.1, 0.15) is 20.7 Å². The first kappa shape index (κ1) is 14.0. The standard InChI is InChI=1S/C13H8ClFN2O3/c14-8-1-2-10(9(6-8)13(19)20)17-12(18)7-3-4-16-11(15)5-7/h1-6H,(H,17,18)(H,19,20). The molecule has 2 aromatic rings. The van der Waals surface area contributed by atoms with Crippen molar-refractivity contribution in [2.45, 2.75) is 0 Å². The molecule has 0 fully saturated rings. The van der Waals surface area contributed by atoms with Crippen LogP contribution in [0.15, 0.2) is 36.5 Å². The van der Waals surface area contributed by atoms with Crippen molar-refractivity contribution in [1.82, 2.24) is 4.98 Å². The fraction of sp³-hybridized carbons (Fsp3) is 0. The quantitative estimate of drug-likeness (QED) is 0.853. The van der Waals surface area contributed by atoms with Gasteiger partial charge in [-0.1, -0.05) is 11.6 Å². The van der Waals surface area contributed by atoms with E-state index in [1.807, 2.05) is 0 Å². The largest absolute Gasteiger partial charge is 0.478 e. The SMILES string of the molecule is O=C(Nc1ccc(Cl)cc1C(=O)O)c1ccnc(F)c1. The highest BCUT2D eigenvalue weighted by Gasteiger charge is 2.14. The fourth-order valence-electron chi connectivity index (χ4n) is 1.54. The van der Waals surface area contributed by atoms with Gasteiger partial charge in [-0.3, -0.25) is 4.79 Å². The van der Waals surface area contributed by atoms with Crippen LogP contribution < -0.4 is 5.32 Å². The van der Waals surface area contributed by atoms with Crippen molar-refractivity contribution in [3.63, 3.8) is 0 Å². The third-order valence-corrected chi connectivity index (χ3v) is 2.68. The molecule has 0 aliphatic carbocycles.